The minimum absolute atomic E-state index is 0.0311. The Labute approximate surface area is 148 Å². The zero-order valence-electron chi connectivity index (χ0n) is 14.6. The first-order chi connectivity index (χ1) is 11.8. The maximum absolute atomic E-state index is 13.1. The standard InChI is InChI=1S/C17H23NO6S/c1-4-23-16(19)14-10-11-15(17(20)24-5-2)18(14)25(21,22)13-8-6-12(3)7-9-13/h6-9,14-15H,4-5,10-11H2,1-3H3/t14-,15-/m0/s1. The molecule has 0 radical (unpaired) electrons. The van der Waals surface area contributed by atoms with E-state index in [1.54, 1.807) is 26.0 Å². The molecule has 1 aromatic carbocycles. The molecule has 0 bridgehead atoms. The fourth-order valence-electron chi connectivity index (χ4n) is 2.87. The van der Waals surface area contributed by atoms with Crippen LogP contribution in [0.3, 0.4) is 0 Å². The molecular weight excluding hydrogens is 346 g/mol. The molecule has 1 aliphatic rings. The molecule has 0 N–H and O–H groups in total. The van der Waals surface area contributed by atoms with Gasteiger partial charge in [-0.05, 0) is 45.7 Å². The van der Waals surface area contributed by atoms with Crippen LogP contribution in [0.5, 0.6) is 0 Å². The Balaban J connectivity index is 2.44. The first-order valence-electron chi connectivity index (χ1n) is 8.26. The van der Waals surface area contributed by atoms with Crippen molar-refractivity contribution < 1.29 is 27.5 Å². The number of esters is 2. The maximum atomic E-state index is 13.1. The van der Waals surface area contributed by atoms with E-state index in [0.29, 0.717) is 0 Å². The van der Waals surface area contributed by atoms with Crippen LogP contribution in [-0.2, 0) is 29.1 Å². The molecule has 0 aromatic heterocycles. The summed E-state index contributed by atoms with van der Waals surface area (Å²) in [7, 11) is -4.05. The highest BCUT2D eigenvalue weighted by molar-refractivity contribution is 7.89. The van der Waals surface area contributed by atoms with Gasteiger partial charge in [0.05, 0.1) is 18.1 Å². The molecule has 25 heavy (non-hydrogen) atoms. The van der Waals surface area contributed by atoms with Crippen molar-refractivity contribution in [1.82, 2.24) is 4.31 Å². The third-order valence-corrected chi connectivity index (χ3v) is 5.97. The van der Waals surface area contributed by atoms with Gasteiger partial charge in [0.2, 0.25) is 10.0 Å². The second-order valence-electron chi connectivity index (χ2n) is 5.76. The van der Waals surface area contributed by atoms with Crippen molar-refractivity contribution in [2.24, 2.45) is 0 Å². The number of rotatable bonds is 6. The van der Waals surface area contributed by atoms with Crippen molar-refractivity contribution in [2.75, 3.05) is 13.2 Å². The predicted octanol–water partition coefficient (Wildman–Crippen LogP) is 1.64. The molecule has 0 amide bonds. The topological polar surface area (TPSA) is 90.0 Å². The fraction of sp³-hybridized carbons (Fsp3) is 0.529. The van der Waals surface area contributed by atoms with E-state index in [1.807, 2.05) is 6.92 Å². The number of benzene rings is 1. The fourth-order valence-corrected chi connectivity index (χ4v) is 4.65. The van der Waals surface area contributed by atoms with Gasteiger partial charge in [-0.1, -0.05) is 17.7 Å². The van der Waals surface area contributed by atoms with Crippen LogP contribution in [0.15, 0.2) is 29.2 Å². The third-order valence-electron chi connectivity index (χ3n) is 4.04. The van der Waals surface area contributed by atoms with Crippen LogP contribution in [0.1, 0.15) is 32.3 Å². The predicted molar refractivity (Wildman–Crippen MR) is 90.3 cm³/mol. The SMILES string of the molecule is CCOC(=O)[C@@H]1CC[C@@H](C(=O)OCC)N1S(=O)(=O)c1ccc(C)cc1. The highest BCUT2D eigenvalue weighted by atomic mass is 32.2. The van der Waals surface area contributed by atoms with E-state index < -0.39 is 34.0 Å². The van der Waals surface area contributed by atoms with E-state index in [1.165, 1.54) is 12.1 Å². The Hall–Kier alpha value is -1.93. The van der Waals surface area contributed by atoms with Crippen LogP contribution in [0.25, 0.3) is 0 Å². The summed E-state index contributed by atoms with van der Waals surface area (Å²) in [6, 6.07) is 4.21. The molecule has 1 heterocycles. The van der Waals surface area contributed by atoms with Crippen LogP contribution in [0.4, 0.5) is 0 Å². The van der Waals surface area contributed by atoms with E-state index in [9.17, 15) is 18.0 Å². The molecule has 1 aromatic rings. The van der Waals surface area contributed by atoms with Crippen LogP contribution in [0, 0.1) is 6.92 Å². The van der Waals surface area contributed by atoms with Crippen molar-refractivity contribution in [1.29, 1.82) is 0 Å². The van der Waals surface area contributed by atoms with E-state index in [4.69, 9.17) is 9.47 Å². The number of hydrogen-bond acceptors (Lipinski definition) is 6. The molecular formula is C17H23NO6S. The van der Waals surface area contributed by atoms with Crippen LogP contribution in [0.2, 0.25) is 0 Å². The molecule has 1 aliphatic heterocycles. The molecule has 2 atom stereocenters. The van der Waals surface area contributed by atoms with E-state index >= 15 is 0 Å². The lowest BCUT2D eigenvalue weighted by molar-refractivity contribution is -0.150. The second-order valence-corrected chi connectivity index (χ2v) is 7.60. The van der Waals surface area contributed by atoms with Gasteiger partial charge in [0, 0.05) is 0 Å². The Morgan fingerprint density at radius 2 is 1.44 bits per heavy atom. The quantitative estimate of drug-likeness (QED) is 0.708. The van der Waals surface area contributed by atoms with E-state index in [0.717, 1.165) is 9.87 Å². The smallest absolute Gasteiger partial charge is 0.324 e. The van der Waals surface area contributed by atoms with Gasteiger partial charge in [0.25, 0.3) is 0 Å². The summed E-state index contributed by atoms with van der Waals surface area (Å²) in [6.45, 7) is 5.41. The molecule has 1 saturated heterocycles. The Bertz CT molecular complexity index is 702. The first kappa shape index (κ1) is 19.4. The van der Waals surface area contributed by atoms with Gasteiger partial charge in [-0.3, -0.25) is 9.59 Å². The number of ether oxygens (including phenoxy) is 2. The molecule has 8 heteroatoms. The number of carbonyl (C=O) groups excluding carboxylic acids is 2. The first-order valence-corrected chi connectivity index (χ1v) is 9.70. The summed E-state index contributed by atoms with van der Waals surface area (Å²) in [5.74, 6) is -1.30. The molecule has 0 spiro atoms. The van der Waals surface area contributed by atoms with Crippen LogP contribution >= 0.6 is 0 Å². The highest BCUT2D eigenvalue weighted by Crippen LogP contribution is 2.32. The van der Waals surface area contributed by atoms with Gasteiger partial charge in [-0.15, -0.1) is 0 Å². The monoisotopic (exact) mass is 369 g/mol. The van der Waals surface area contributed by atoms with Gasteiger partial charge in [0.15, 0.2) is 0 Å². The molecule has 0 saturated carbocycles. The summed E-state index contributed by atoms with van der Waals surface area (Å²) < 4.78 is 37.1. The lowest BCUT2D eigenvalue weighted by atomic mass is 10.2. The highest BCUT2D eigenvalue weighted by Gasteiger charge is 2.49. The summed E-state index contributed by atoms with van der Waals surface area (Å²) in [5, 5.41) is 0. The number of nitrogens with zero attached hydrogens (tertiary/aromatic N) is 1. The number of carbonyl (C=O) groups is 2. The van der Waals surface area contributed by atoms with E-state index in [-0.39, 0.29) is 31.0 Å². The van der Waals surface area contributed by atoms with Crippen molar-refractivity contribution in [3.63, 3.8) is 0 Å². The molecule has 2 rings (SSSR count). The van der Waals surface area contributed by atoms with Crippen molar-refractivity contribution in [3.8, 4) is 0 Å². The summed E-state index contributed by atoms with van der Waals surface area (Å²) >= 11 is 0. The van der Waals surface area contributed by atoms with Crippen LogP contribution in [-0.4, -0.2) is 50.0 Å². The largest absolute Gasteiger partial charge is 0.465 e. The maximum Gasteiger partial charge on any atom is 0.324 e. The van der Waals surface area contributed by atoms with Gasteiger partial charge in [-0.25, -0.2) is 8.42 Å². The van der Waals surface area contributed by atoms with Gasteiger partial charge < -0.3 is 9.47 Å². The number of aryl methyl sites for hydroxylation is 1. The van der Waals surface area contributed by atoms with Crippen molar-refractivity contribution >= 4 is 22.0 Å². The van der Waals surface area contributed by atoms with Crippen LogP contribution < -0.4 is 0 Å². The summed E-state index contributed by atoms with van der Waals surface area (Å²) in [4.78, 5) is 24.5. The number of sulfonamides is 1. The second kappa shape index (κ2) is 7.97. The molecule has 7 nitrogen and oxygen atoms in total. The minimum Gasteiger partial charge on any atom is -0.465 e. The average Bonchev–Trinajstić information content (AvgIpc) is 3.02. The van der Waals surface area contributed by atoms with E-state index in [2.05, 4.69) is 0 Å². The molecule has 138 valence electrons. The summed E-state index contributed by atoms with van der Waals surface area (Å²) in [5.41, 5.74) is 0.907. The Kier molecular flexibility index (Phi) is 6.18. The van der Waals surface area contributed by atoms with Crippen molar-refractivity contribution in [3.05, 3.63) is 29.8 Å². The average molecular weight is 369 g/mol. The summed E-state index contributed by atoms with van der Waals surface area (Å²) in [6.07, 6.45) is 0.431. The zero-order chi connectivity index (χ0) is 18.6. The Morgan fingerprint density at radius 3 is 1.84 bits per heavy atom. The van der Waals surface area contributed by atoms with Gasteiger partial charge >= 0.3 is 11.9 Å². The van der Waals surface area contributed by atoms with Gasteiger partial charge in [-0.2, -0.15) is 4.31 Å². The normalized spacial score (nSPS) is 21.1. The minimum atomic E-state index is -4.05. The molecule has 0 unspecified atom stereocenters. The van der Waals surface area contributed by atoms with Gasteiger partial charge in [0.1, 0.15) is 12.1 Å². The number of hydrogen-bond donors (Lipinski definition) is 0. The molecule has 1 fully saturated rings. The lowest BCUT2D eigenvalue weighted by Crippen LogP contribution is -2.48. The van der Waals surface area contributed by atoms with Crippen molar-refractivity contribution in [2.45, 2.75) is 50.6 Å². The molecule has 0 aliphatic carbocycles. The third kappa shape index (κ3) is 4.01. The lowest BCUT2D eigenvalue weighted by Gasteiger charge is -2.27. The Morgan fingerprint density at radius 1 is 1.00 bits per heavy atom. The zero-order valence-corrected chi connectivity index (χ0v) is 15.4.